The number of phenols is 1. The van der Waals surface area contributed by atoms with Crippen LogP contribution in [0.3, 0.4) is 0 Å². The monoisotopic (exact) mass is 463 g/mol. The molecule has 4 aliphatic rings. The van der Waals surface area contributed by atoms with E-state index in [4.69, 9.17) is 0 Å². The van der Waals surface area contributed by atoms with E-state index in [1.807, 2.05) is 0 Å². The summed E-state index contributed by atoms with van der Waals surface area (Å²) >= 11 is 0. The summed E-state index contributed by atoms with van der Waals surface area (Å²) in [5, 5.41) is 15.8. The van der Waals surface area contributed by atoms with Gasteiger partial charge in [-0.1, -0.05) is 31.4 Å². The number of hydrogen-bond donors (Lipinski definition) is 3. The number of likely N-dealkylation sites (tertiary alicyclic amines) is 1. The molecular formula is C26H26FN3O4. The normalized spacial score (nSPS) is 30.7. The standard InChI is InChI=1S/C26H26FN3O4/c27-15-8-11-19-18(13-15)26(25(34)28-19)22-21(20(29-26)12-14-6-9-17(31)10-7-14)23(32)30(24(22)33)16-4-2-1-3-5-16/h6-11,13,16,20-22,29,31H,1-5,12H2,(H,28,34)/t20?,21-,22+,26?/m0/s1. The maximum absolute atomic E-state index is 14.3. The molecule has 3 N–H and O–H groups in total. The van der Waals surface area contributed by atoms with Crippen LogP contribution in [0.2, 0.25) is 0 Å². The van der Waals surface area contributed by atoms with Crippen LogP contribution in [0.1, 0.15) is 43.2 Å². The van der Waals surface area contributed by atoms with Gasteiger partial charge in [0.1, 0.15) is 17.1 Å². The fourth-order valence-corrected chi connectivity index (χ4v) is 6.56. The Kier molecular flexibility index (Phi) is 4.78. The van der Waals surface area contributed by atoms with Crippen molar-refractivity contribution >= 4 is 23.4 Å². The average molecular weight is 464 g/mol. The second-order valence-corrected chi connectivity index (χ2v) is 9.92. The van der Waals surface area contributed by atoms with E-state index in [9.17, 15) is 23.9 Å². The number of nitrogens with one attached hydrogen (secondary N) is 2. The van der Waals surface area contributed by atoms with Crippen LogP contribution in [0.25, 0.3) is 0 Å². The molecule has 2 saturated heterocycles. The Morgan fingerprint density at radius 2 is 1.74 bits per heavy atom. The molecule has 2 aromatic rings. The van der Waals surface area contributed by atoms with Gasteiger partial charge in [-0.2, -0.15) is 0 Å². The summed E-state index contributed by atoms with van der Waals surface area (Å²) < 4.78 is 14.3. The van der Waals surface area contributed by atoms with Crippen LogP contribution in [0.15, 0.2) is 42.5 Å². The fraction of sp³-hybridized carbons (Fsp3) is 0.423. The molecule has 1 aliphatic carbocycles. The molecule has 3 aliphatic heterocycles. The summed E-state index contributed by atoms with van der Waals surface area (Å²) in [5.74, 6) is -3.05. The van der Waals surface area contributed by atoms with Gasteiger partial charge in [0.15, 0.2) is 0 Å². The van der Waals surface area contributed by atoms with Gasteiger partial charge in [-0.25, -0.2) is 4.39 Å². The molecule has 8 heteroatoms. The highest BCUT2D eigenvalue weighted by molar-refractivity contribution is 6.15. The second kappa shape index (κ2) is 7.63. The van der Waals surface area contributed by atoms with Gasteiger partial charge in [-0.3, -0.25) is 24.6 Å². The number of imide groups is 1. The molecule has 2 unspecified atom stereocenters. The number of amides is 3. The third-order valence-electron chi connectivity index (χ3n) is 8.04. The van der Waals surface area contributed by atoms with Crippen LogP contribution in [-0.2, 0) is 26.3 Å². The van der Waals surface area contributed by atoms with Crippen LogP contribution >= 0.6 is 0 Å². The molecule has 3 heterocycles. The van der Waals surface area contributed by atoms with Crippen molar-refractivity contribution in [3.8, 4) is 5.75 Å². The fourth-order valence-electron chi connectivity index (χ4n) is 6.56. The molecule has 3 amide bonds. The summed E-state index contributed by atoms with van der Waals surface area (Å²) in [6.45, 7) is 0. The van der Waals surface area contributed by atoms with Crippen molar-refractivity contribution in [3.63, 3.8) is 0 Å². The van der Waals surface area contributed by atoms with Crippen LogP contribution in [0, 0.1) is 17.7 Å². The minimum absolute atomic E-state index is 0.132. The Balaban J connectivity index is 1.46. The number of aromatic hydroxyl groups is 1. The average Bonchev–Trinajstić information content (AvgIpc) is 3.40. The van der Waals surface area contributed by atoms with Gasteiger partial charge in [0, 0.05) is 23.3 Å². The summed E-state index contributed by atoms with van der Waals surface area (Å²) in [4.78, 5) is 42.6. The van der Waals surface area contributed by atoms with Crippen molar-refractivity contribution in [2.75, 3.05) is 5.32 Å². The molecule has 176 valence electrons. The molecule has 7 nitrogen and oxygen atoms in total. The number of carbonyl (C=O) groups excluding carboxylic acids is 3. The maximum atomic E-state index is 14.3. The van der Waals surface area contributed by atoms with Gasteiger partial charge in [-0.15, -0.1) is 0 Å². The molecule has 3 fully saturated rings. The van der Waals surface area contributed by atoms with Crippen LogP contribution in [0.4, 0.5) is 10.1 Å². The third kappa shape index (κ3) is 2.94. The Hall–Kier alpha value is -3.26. The Morgan fingerprint density at radius 3 is 2.47 bits per heavy atom. The smallest absolute Gasteiger partial charge is 0.250 e. The largest absolute Gasteiger partial charge is 0.508 e. The summed E-state index contributed by atoms with van der Waals surface area (Å²) in [5.41, 5.74) is 0.201. The predicted octanol–water partition coefficient (Wildman–Crippen LogP) is 2.83. The van der Waals surface area contributed by atoms with E-state index in [1.54, 1.807) is 24.3 Å². The molecule has 2 aromatic carbocycles. The molecule has 34 heavy (non-hydrogen) atoms. The van der Waals surface area contributed by atoms with E-state index in [2.05, 4.69) is 10.6 Å². The summed E-state index contributed by atoms with van der Waals surface area (Å²) in [6, 6.07) is 10.1. The van der Waals surface area contributed by atoms with Crippen molar-refractivity contribution in [2.24, 2.45) is 11.8 Å². The van der Waals surface area contributed by atoms with Gasteiger partial charge in [0.25, 0.3) is 0 Å². The number of rotatable bonds is 3. The molecule has 0 aromatic heterocycles. The van der Waals surface area contributed by atoms with Gasteiger partial charge in [-0.05, 0) is 55.2 Å². The van der Waals surface area contributed by atoms with Gasteiger partial charge >= 0.3 is 0 Å². The lowest BCUT2D eigenvalue weighted by Gasteiger charge is -2.34. The zero-order valence-electron chi connectivity index (χ0n) is 18.6. The minimum Gasteiger partial charge on any atom is -0.508 e. The van der Waals surface area contributed by atoms with Crippen molar-refractivity contribution in [2.45, 2.75) is 56.1 Å². The number of carbonyl (C=O) groups is 3. The molecule has 0 bridgehead atoms. The van der Waals surface area contributed by atoms with Gasteiger partial charge in [0.05, 0.1) is 11.8 Å². The Morgan fingerprint density at radius 1 is 1.00 bits per heavy atom. The Bertz CT molecular complexity index is 1190. The van der Waals surface area contributed by atoms with Crippen molar-refractivity contribution in [1.82, 2.24) is 10.2 Å². The number of anilines is 1. The first-order valence-electron chi connectivity index (χ1n) is 11.9. The molecular weight excluding hydrogens is 437 g/mol. The van der Waals surface area contributed by atoms with E-state index in [0.717, 1.165) is 37.7 Å². The van der Waals surface area contributed by atoms with Crippen LogP contribution < -0.4 is 10.6 Å². The zero-order valence-corrected chi connectivity index (χ0v) is 18.6. The van der Waals surface area contributed by atoms with E-state index in [1.165, 1.54) is 23.1 Å². The van der Waals surface area contributed by atoms with Crippen molar-refractivity contribution < 1.29 is 23.9 Å². The van der Waals surface area contributed by atoms with Crippen molar-refractivity contribution in [3.05, 3.63) is 59.4 Å². The lowest BCUT2D eigenvalue weighted by atomic mass is 9.76. The highest BCUT2D eigenvalue weighted by atomic mass is 19.1. The highest BCUT2D eigenvalue weighted by Crippen LogP contribution is 2.54. The topological polar surface area (TPSA) is 98.7 Å². The van der Waals surface area contributed by atoms with Crippen LogP contribution in [0.5, 0.6) is 5.75 Å². The first-order valence-corrected chi connectivity index (χ1v) is 11.9. The second-order valence-electron chi connectivity index (χ2n) is 9.92. The first-order chi connectivity index (χ1) is 16.4. The highest BCUT2D eigenvalue weighted by Gasteiger charge is 2.70. The zero-order chi connectivity index (χ0) is 23.6. The van der Waals surface area contributed by atoms with E-state index in [-0.39, 0.29) is 23.6 Å². The summed E-state index contributed by atoms with van der Waals surface area (Å²) in [6.07, 6.45) is 4.95. The van der Waals surface area contributed by atoms with Gasteiger partial charge < -0.3 is 10.4 Å². The minimum atomic E-state index is -1.50. The number of fused-ring (bicyclic) bond motifs is 4. The molecule has 6 rings (SSSR count). The molecule has 1 saturated carbocycles. The van der Waals surface area contributed by atoms with E-state index < -0.39 is 35.1 Å². The lowest BCUT2D eigenvalue weighted by molar-refractivity contribution is -0.146. The predicted molar refractivity (Wildman–Crippen MR) is 121 cm³/mol. The maximum Gasteiger partial charge on any atom is 0.250 e. The van der Waals surface area contributed by atoms with E-state index in [0.29, 0.717) is 17.7 Å². The number of hydrogen-bond acceptors (Lipinski definition) is 5. The first kappa shape index (κ1) is 21.3. The Labute approximate surface area is 196 Å². The van der Waals surface area contributed by atoms with Gasteiger partial charge in [0.2, 0.25) is 17.7 Å². The third-order valence-corrected chi connectivity index (χ3v) is 8.04. The number of phenolic OH excluding ortho intramolecular Hbond substituents is 1. The molecule has 4 atom stereocenters. The SMILES string of the molecule is O=C1[C@H]2C(Cc3ccc(O)cc3)NC3(C(=O)Nc4ccc(F)cc43)[C@H]2C(=O)N1C1CCCCC1. The molecule has 1 spiro atoms. The summed E-state index contributed by atoms with van der Waals surface area (Å²) in [7, 11) is 0. The number of halogens is 1. The number of nitrogens with zero attached hydrogens (tertiary/aromatic N) is 1. The van der Waals surface area contributed by atoms with Crippen molar-refractivity contribution in [1.29, 1.82) is 0 Å². The van der Waals surface area contributed by atoms with Crippen LogP contribution in [-0.4, -0.2) is 39.8 Å². The quantitative estimate of drug-likeness (QED) is 0.608. The lowest BCUT2D eigenvalue weighted by Crippen LogP contribution is -2.54. The number of benzene rings is 2. The molecule has 0 radical (unpaired) electrons. The van der Waals surface area contributed by atoms with E-state index >= 15 is 0 Å².